The monoisotopic (exact) mass is 507 g/mol. The molecule has 2 heterocycles. The van der Waals surface area contributed by atoms with E-state index >= 15 is 0 Å². The van der Waals surface area contributed by atoms with Crippen LogP contribution >= 0.6 is 35.5 Å². The summed E-state index contributed by atoms with van der Waals surface area (Å²) in [5.41, 5.74) is 2.67. The van der Waals surface area contributed by atoms with Gasteiger partial charge in [-0.25, -0.2) is 4.98 Å². The molecule has 0 N–H and O–H groups in total. The van der Waals surface area contributed by atoms with Crippen molar-refractivity contribution in [3.8, 4) is 5.75 Å². The Bertz CT molecular complexity index is 1090. The molecule has 1 amide bonds. The van der Waals surface area contributed by atoms with E-state index in [0.717, 1.165) is 70.8 Å². The van der Waals surface area contributed by atoms with E-state index in [2.05, 4.69) is 11.8 Å². The summed E-state index contributed by atoms with van der Waals surface area (Å²) in [5.74, 6) is 0.728. The molecule has 0 aliphatic carbocycles. The average molecular weight is 508 g/mol. The van der Waals surface area contributed by atoms with Crippen molar-refractivity contribution in [1.82, 2.24) is 9.88 Å². The summed E-state index contributed by atoms with van der Waals surface area (Å²) >= 11 is 3.15. The Labute approximate surface area is 209 Å². The second kappa shape index (κ2) is 12.0. The van der Waals surface area contributed by atoms with Gasteiger partial charge in [0.05, 0.1) is 30.6 Å². The minimum atomic E-state index is -0.00685. The fourth-order valence-electron chi connectivity index (χ4n) is 3.91. The van der Waals surface area contributed by atoms with Gasteiger partial charge >= 0.3 is 0 Å². The molecule has 0 spiro atoms. The summed E-state index contributed by atoms with van der Waals surface area (Å²) in [6, 6.07) is 11.8. The summed E-state index contributed by atoms with van der Waals surface area (Å²) in [7, 11) is 1.66. The lowest BCUT2D eigenvalue weighted by Gasteiger charge is -2.28. The molecule has 1 aliphatic rings. The number of ether oxygens (including phenoxy) is 2. The number of carbonyl (C=O) groups excluding carboxylic acids is 1. The Hall–Kier alpha value is -1.84. The summed E-state index contributed by atoms with van der Waals surface area (Å²) in [6.45, 7) is 7.06. The Kier molecular flexibility index (Phi) is 9.40. The number of thioether (sulfide) groups is 1. The van der Waals surface area contributed by atoms with Gasteiger partial charge in [-0.2, -0.15) is 0 Å². The first kappa shape index (κ1) is 25.8. The molecule has 0 bridgehead atoms. The maximum absolute atomic E-state index is 13.7. The van der Waals surface area contributed by atoms with Gasteiger partial charge in [-0.1, -0.05) is 29.5 Å². The quantitative estimate of drug-likeness (QED) is 0.394. The van der Waals surface area contributed by atoms with Crippen LogP contribution in [0.2, 0.25) is 0 Å². The highest BCUT2D eigenvalue weighted by Gasteiger charge is 2.24. The van der Waals surface area contributed by atoms with E-state index in [1.54, 1.807) is 30.2 Å². The summed E-state index contributed by atoms with van der Waals surface area (Å²) in [4.78, 5) is 23.8. The van der Waals surface area contributed by atoms with Crippen LogP contribution in [0.25, 0.3) is 10.2 Å². The van der Waals surface area contributed by atoms with Crippen molar-refractivity contribution in [3.63, 3.8) is 0 Å². The number of nitrogens with zero attached hydrogens (tertiary/aromatic N) is 3. The lowest BCUT2D eigenvalue weighted by molar-refractivity contribution is 0.0376. The number of hydrogen-bond donors (Lipinski definition) is 0. The van der Waals surface area contributed by atoms with E-state index in [1.165, 1.54) is 0 Å². The predicted octanol–water partition coefficient (Wildman–Crippen LogP) is 5.13. The van der Waals surface area contributed by atoms with E-state index in [0.29, 0.717) is 12.1 Å². The molecule has 1 saturated heterocycles. The van der Waals surface area contributed by atoms with Crippen molar-refractivity contribution in [2.45, 2.75) is 18.2 Å². The van der Waals surface area contributed by atoms with Crippen molar-refractivity contribution >= 4 is 56.8 Å². The maximum atomic E-state index is 13.7. The number of morpholine rings is 1. The van der Waals surface area contributed by atoms with E-state index in [-0.39, 0.29) is 18.3 Å². The molecule has 6 nitrogen and oxygen atoms in total. The smallest absolute Gasteiger partial charge is 0.261 e. The normalized spacial score (nSPS) is 14.2. The lowest BCUT2D eigenvalue weighted by atomic mass is 10.2. The largest absolute Gasteiger partial charge is 0.494 e. The number of fused-ring (bicyclic) bond motifs is 1. The minimum absolute atomic E-state index is 0. The number of anilines is 1. The van der Waals surface area contributed by atoms with Crippen LogP contribution in [0.3, 0.4) is 0 Å². The Morgan fingerprint density at radius 1 is 1.24 bits per heavy atom. The summed E-state index contributed by atoms with van der Waals surface area (Å²) in [5, 5.41) is 0.718. The third-order valence-corrected chi connectivity index (χ3v) is 7.69. The zero-order chi connectivity index (χ0) is 22.5. The van der Waals surface area contributed by atoms with E-state index in [9.17, 15) is 4.79 Å². The number of benzene rings is 2. The predicted molar refractivity (Wildman–Crippen MR) is 140 cm³/mol. The molecule has 9 heteroatoms. The van der Waals surface area contributed by atoms with Gasteiger partial charge in [0.1, 0.15) is 11.3 Å². The number of carbonyl (C=O) groups is 1. The molecule has 0 unspecified atom stereocenters. The molecule has 2 aromatic carbocycles. The van der Waals surface area contributed by atoms with Gasteiger partial charge in [0.2, 0.25) is 0 Å². The van der Waals surface area contributed by atoms with Crippen molar-refractivity contribution in [3.05, 3.63) is 47.5 Å². The van der Waals surface area contributed by atoms with Crippen molar-refractivity contribution < 1.29 is 14.3 Å². The summed E-state index contributed by atoms with van der Waals surface area (Å²) < 4.78 is 12.1. The van der Waals surface area contributed by atoms with Gasteiger partial charge in [0, 0.05) is 31.1 Å². The van der Waals surface area contributed by atoms with Gasteiger partial charge in [-0.05, 0) is 43.4 Å². The number of hydrogen-bond acceptors (Lipinski definition) is 7. The van der Waals surface area contributed by atoms with E-state index < -0.39 is 0 Å². The van der Waals surface area contributed by atoms with Crippen LogP contribution in [0.4, 0.5) is 5.13 Å². The third kappa shape index (κ3) is 5.81. The minimum Gasteiger partial charge on any atom is -0.494 e. The Balaban J connectivity index is 0.00000306. The second-order valence-corrected chi connectivity index (χ2v) is 9.55. The van der Waals surface area contributed by atoms with Gasteiger partial charge < -0.3 is 9.47 Å². The second-order valence-electron chi connectivity index (χ2n) is 7.72. The molecular formula is C24H30ClN3O3S2. The molecule has 3 aromatic rings. The van der Waals surface area contributed by atoms with Gasteiger partial charge in [-0.3, -0.25) is 14.6 Å². The van der Waals surface area contributed by atoms with Crippen LogP contribution < -0.4 is 9.64 Å². The molecule has 0 atom stereocenters. The number of amides is 1. The van der Waals surface area contributed by atoms with Crippen LogP contribution in [0.1, 0.15) is 22.3 Å². The highest BCUT2D eigenvalue weighted by molar-refractivity contribution is 7.98. The van der Waals surface area contributed by atoms with Crippen molar-refractivity contribution in [1.29, 1.82) is 0 Å². The standard InChI is InChI=1S/C24H29N3O3S2.ClH/c1-17-9-10-19(29-2)21-22(17)32-24(25-21)27(12-6-11-26-13-15-30-16-14-26)23(28)18-7-4-5-8-20(18)31-3;/h4-5,7-10H,6,11-16H2,1-3H3;1H. The maximum Gasteiger partial charge on any atom is 0.261 e. The first-order valence-electron chi connectivity index (χ1n) is 10.8. The summed E-state index contributed by atoms with van der Waals surface area (Å²) in [6.07, 6.45) is 2.88. The van der Waals surface area contributed by atoms with Crippen molar-refractivity contribution in [2.75, 3.05) is 57.7 Å². The van der Waals surface area contributed by atoms with Crippen molar-refractivity contribution in [2.24, 2.45) is 0 Å². The van der Waals surface area contributed by atoms with Crippen LogP contribution in [-0.4, -0.2) is 68.5 Å². The van der Waals surface area contributed by atoms with E-state index in [1.807, 2.05) is 47.6 Å². The highest BCUT2D eigenvalue weighted by Crippen LogP contribution is 2.37. The first-order chi connectivity index (χ1) is 15.6. The Morgan fingerprint density at radius 3 is 2.73 bits per heavy atom. The molecule has 0 saturated carbocycles. The number of aryl methyl sites for hydroxylation is 1. The number of methoxy groups -OCH3 is 1. The first-order valence-corrected chi connectivity index (χ1v) is 12.9. The van der Waals surface area contributed by atoms with Crippen LogP contribution in [0, 0.1) is 6.92 Å². The number of aromatic nitrogens is 1. The zero-order valence-corrected chi connectivity index (χ0v) is 21.7. The lowest BCUT2D eigenvalue weighted by Crippen LogP contribution is -2.39. The van der Waals surface area contributed by atoms with E-state index in [4.69, 9.17) is 14.5 Å². The Morgan fingerprint density at radius 2 is 2.00 bits per heavy atom. The fraction of sp³-hybridized carbons (Fsp3) is 0.417. The fourth-order valence-corrected chi connectivity index (χ4v) is 5.57. The van der Waals surface area contributed by atoms with Gasteiger partial charge in [0.15, 0.2) is 5.13 Å². The molecule has 178 valence electrons. The zero-order valence-electron chi connectivity index (χ0n) is 19.2. The van der Waals surface area contributed by atoms with Crippen LogP contribution in [-0.2, 0) is 4.74 Å². The molecule has 1 aliphatic heterocycles. The molecule has 33 heavy (non-hydrogen) atoms. The molecule has 4 rings (SSSR count). The third-order valence-electron chi connectivity index (χ3n) is 5.69. The van der Waals surface area contributed by atoms with Crippen LogP contribution in [0.15, 0.2) is 41.3 Å². The topological polar surface area (TPSA) is 54.9 Å². The number of thiazole rings is 1. The average Bonchev–Trinajstić information content (AvgIpc) is 3.28. The highest BCUT2D eigenvalue weighted by atomic mass is 35.5. The SMILES string of the molecule is COc1ccc(C)c2sc(N(CCCN3CCOCC3)C(=O)c3ccccc3SC)nc12.Cl. The molecule has 1 fully saturated rings. The van der Waals surface area contributed by atoms with Gasteiger partial charge in [0.25, 0.3) is 5.91 Å². The number of rotatable bonds is 8. The molecule has 1 aromatic heterocycles. The number of halogens is 1. The van der Waals surface area contributed by atoms with Gasteiger partial charge in [-0.15, -0.1) is 24.2 Å². The van der Waals surface area contributed by atoms with Crippen LogP contribution in [0.5, 0.6) is 5.75 Å². The molecule has 0 radical (unpaired) electrons. The molecular weight excluding hydrogens is 478 g/mol.